The van der Waals surface area contributed by atoms with E-state index in [4.69, 9.17) is 4.74 Å². The van der Waals surface area contributed by atoms with Crippen molar-refractivity contribution in [2.45, 2.75) is 0 Å². The first-order chi connectivity index (χ1) is 7.66. The highest BCUT2D eigenvalue weighted by Crippen LogP contribution is 2.30. The number of pyridine rings is 1. The van der Waals surface area contributed by atoms with Crippen LogP contribution in [-0.2, 0) is 0 Å². The number of ether oxygens (including phenoxy) is 1. The zero-order valence-corrected chi connectivity index (χ0v) is 11.1. The number of hydrogen-bond donors (Lipinski definition) is 0. The van der Waals surface area contributed by atoms with Crippen molar-refractivity contribution in [1.82, 2.24) is 4.98 Å². The summed E-state index contributed by atoms with van der Waals surface area (Å²) in [7, 11) is 0. The predicted molar refractivity (Wildman–Crippen MR) is 66.1 cm³/mol. The Hall–Kier alpha value is -0.940. The summed E-state index contributed by atoms with van der Waals surface area (Å²) in [4.78, 5) is 3.99. The van der Waals surface area contributed by atoms with Gasteiger partial charge in [0.25, 0.3) is 0 Å². The Kier molecular flexibility index (Phi) is 3.56. The second-order valence-electron chi connectivity index (χ2n) is 2.97. The average Bonchev–Trinajstić information content (AvgIpc) is 2.27. The monoisotopic (exact) mass is 345 g/mol. The van der Waals surface area contributed by atoms with Crippen molar-refractivity contribution < 1.29 is 9.13 Å². The van der Waals surface area contributed by atoms with E-state index in [1.807, 2.05) is 0 Å². The molecule has 0 fully saturated rings. The zero-order chi connectivity index (χ0) is 11.5. The molecule has 0 N–H and O–H groups in total. The van der Waals surface area contributed by atoms with Gasteiger partial charge in [0.2, 0.25) is 5.88 Å². The van der Waals surface area contributed by atoms with Crippen LogP contribution in [0.1, 0.15) is 0 Å². The molecule has 0 unspecified atom stereocenters. The summed E-state index contributed by atoms with van der Waals surface area (Å²) in [5.74, 6) is 0.0361. The lowest BCUT2D eigenvalue weighted by Gasteiger charge is -2.07. The number of aromatic nitrogens is 1. The van der Waals surface area contributed by atoms with Crippen LogP contribution in [0.5, 0.6) is 11.6 Å². The summed E-state index contributed by atoms with van der Waals surface area (Å²) >= 11 is 6.52. The fourth-order valence-corrected chi connectivity index (χ4v) is 1.78. The van der Waals surface area contributed by atoms with Crippen LogP contribution in [0.4, 0.5) is 4.39 Å². The molecule has 5 heteroatoms. The summed E-state index contributed by atoms with van der Waals surface area (Å²) in [5.41, 5.74) is 0. The molecule has 82 valence electrons. The maximum absolute atomic E-state index is 13.4. The van der Waals surface area contributed by atoms with E-state index >= 15 is 0 Å². The van der Waals surface area contributed by atoms with E-state index < -0.39 is 5.82 Å². The van der Waals surface area contributed by atoms with Gasteiger partial charge in [0.15, 0.2) is 11.6 Å². The van der Waals surface area contributed by atoms with Crippen molar-refractivity contribution in [3.63, 3.8) is 0 Å². The lowest BCUT2D eigenvalue weighted by Crippen LogP contribution is -1.91. The highest BCUT2D eigenvalue weighted by atomic mass is 79.9. The van der Waals surface area contributed by atoms with Crippen molar-refractivity contribution in [3.05, 3.63) is 51.3 Å². The summed E-state index contributed by atoms with van der Waals surface area (Å²) in [6.45, 7) is 0. The maximum atomic E-state index is 13.4. The molecule has 1 heterocycles. The van der Waals surface area contributed by atoms with E-state index in [0.29, 0.717) is 10.4 Å². The summed E-state index contributed by atoms with van der Waals surface area (Å²) in [6, 6.07) is 8.02. The van der Waals surface area contributed by atoms with Gasteiger partial charge >= 0.3 is 0 Å². The first kappa shape index (κ1) is 11.5. The van der Waals surface area contributed by atoms with Gasteiger partial charge in [-0.3, -0.25) is 0 Å². The first-order valence-electron chi connectivity index (χ1n) is 4.40. The molecule has 0 aliphatic carbocycles. The fraction of sp³-hybridized carbons (Fsp3) is 0. The minimum Gasteiger partial charge on any atom is -0.435 e. The van der Waals surface area contributed by atoms with Crippen molar-refractivity contribution in [2.24, 2.45) is 0 Å². The molecule has 0 radical (unpaired) electrons. The van der Waals surface area contributed by atoms with E-state index in [-0.39, 0.29) is 5.75 Å². The highest BCUT2D eigenvalue weighted by molar-refractivity contribution is 9.10. The molecule has 0 amide bonds. The third-order valence-corrected chi connectivity index (χ3v) is 2.92. The van der Waals surface area contributed by atoms with Gasteiger partial charge in [-0.15, -0.1) is 0 Å². The minimum atomic E-state index is -0.430. The molecule has 0 aliphatic heterocycles. The molecule has 0 saturated carbocycles. The predicted octanol–water partition coefficient (Wildman–Crippen LogP) is 4.54. The van der Waals surface area contributed by atoms with Crippen LogP contribution in [0.3, 0.4) is 0 Å². The standard InChI is InChI=1S/C11H6Br2FNO/c12-7-3-4-9(14)10(6-7)16-11-8(13)2-1-5-15-11/h1-6H. The second-order valence-corrected chi connectivity index (χ2v) is 4.74. The molecule has 2 rings (SSSR count). The van der Waals surface area contributed by atoms with Gasteiger partial charge in [-0.2, -0.15) is 0 Å². The van der Waals surface area contributed by atoms with Gasteiger partial charge in [-0.25, -0.2) is 9.37 Å². The number of hydrogen-bond acceptors (Lipinski definition) is 2. The van der Waals surface area contributed by atoms with Crippen molar-refractivity contribution in [1.29, 1.82) is 0 Å². The smallest absolute Gasteiger partial charge is 0.233 e. The van der Waals surface area contributed by atoms with E-state index in [9.17, 15) is 4.39 Å². The molecule has 0 atom stereocenters. The van der Waals surface area contributed by atoms with Gasteiger partial charge in [0.05, 0.1) is 4.47 Å². The second kappa shape index (κ2) is 4.93. The van der Waals surface area contributed by atoms with E-state index in [1.165, 1.54) is 6.07 Å². The van der Waals surface area contributed by atoms with Gasteiger partial charge in [0.1, 0.15) is 0 Å². The first-order valence-corrected chi connectivity index (χ1v) is 5.99. The number of nitrogens with zero attached hydrogens (tertiary/aromatic N) is 1. The van der Waals surface area contributed by atoms with Crippen LogP contribution in [0.25, 0.3) is 0 Å². The Bertz CT molecular complexity index is 519. The molecule has 2 aromatic rings. The Balaban J connectivity index is 2.34. The molecular weight excluding hydrogens is 341 g/mol. The molecule has 1 aromatic heterocycles. The normalized spacial score (nSPS) is 10.2. The molecule has 0 spiro atoms. The number of halogens is 3. The number of rotatable bonds is 2. The van der Waals surface area contributed by atoms with Crippen LogP contribution >= 0.6 is 31.9 Å². The Morgan fingerprint density at radius 3 is 2.75 bits per heavy atom. The van der Waals surface area contributed by atoms with Crippen LogP contribution in [0.2, 0.25) is 0 Å². The average molecular weight is 347 g/mol. The molecule has 0 bridgehead atoms. The molecule has 0 saturated heterocycles. The quantitative estimate of drug-likeness (QED) is 0.796. The zero-order valence-electron chi connectivity index (χ0n) is 7.95. The third-order valence-electron chi connectivity index (χ3n) is 1.82. The fourth-order valence-electron chi connectivity index (χ4n) is 1.11. The highest BCUT2D eigenvalue weighted by Gasteiger charge is 2.08. The minimum absolute atomic E-state index is 0.133. The Morgan fingerprint density at radius 2 is 2.00 bits per heavy atom. The van der Waals surface area contributed by atoms with Crippen LogP contribution in [0.15, 0.2) is 45.5 Å². The van der Waals surface area contributed by atoms with Gasteiger partial charge in [0, 0.05) is 10.7 Å². The topological polar surface area (TPSA) is 22.1 Å². The Labute approximate surface area is 109 Å². The lowest BCUT2D eigenvalue weighted by atomic mass is 10.3. The van der Waals surface area contributed by atoms with E-state index in [1.54, 1.807) is 30.5 Å². The van der Waals surface area contributed by atoms with Crippen molar-refractivity contribution in [3.8, 4) is 11.6 Å². The van der Waals surface area contributed by atoms with Crippen LogP contribution < -0.4 is 4.74 Å². The van der Waals surface area contributed by atoms with Crippen LogP contribution in [0, 0.1) is 5.82 Å². The molecule has 1 aromatic carbocycles. The van der Waals surface area contributed by atoms with E-state index in [2.05, 4.69) is 36.8 Å². The SMILES string of the molecule is Fc1ccc(Br)cc1Oc1ncccc1Br. The van der Waals surface area contributed by atoms with Gasteiger partial charge in [-0.1, -0.05) is 15.9 Å². The maximum Gasteiger partial charge on any atom is 0.233 e. The molecule has 0 aliphatic rings. The van der Waals surface area contributed by atoms with Crippen LogP contribution in [-0.4, -0.2) is 4.98 Å². The van der Waals surface area contributed by atoms with Gasteiger partial charge in [-0.05, 0) is 46.3 Å². The summed E-state index contributed by atoms with van der Waals surface area (Å²) < 4.78 is 20.2. The number of benzene rings is 1. The van der Waals surface area contributed by atoms with E-state index in [0.717, 1.165) is 4.47 Å². The lowest BCUT2D eigenvalue weighted by molar-refractivity contribution is 0.424. The van der Waals surface area contributed by atoms with Crippen molar-refractivity contribution >= 4 is 31.9 Å². The summed E-state index contributed by atoms with van der Waals surface area (Å²) in [6.07, 6.45) is 1.58. The summed E-state index contributed by atoms with van der Waals surface area (Å²) in [5, 5.41) is 0. The third kappa shape index (κ3) is 2.59. The van der Waals surface area contributed by atoms with Crippen molar-refractivity contribution in [2.75, 3.05) is 0 Å². The largest absolute Gasteiger partial charge is 0.435 e. The molecular formula is C11H6Br2FNO. The van der Waals surface area contributed by atoms with Gasteiger partial charge < -0.3 is 4.74 Å². The Morgan fingerprint density at radius 1 is 1.19 bits per heavy atom. The molecule has 2 nitrogen and oxygen atoms in total. The molecule has 16 heavy (non-hydrogen) atoms.